The first kappa shape index (κ1) is 16.0. The number of nitrogens with one attached hydrogen (secondary N) is 1. The average molecular weight is 319 g/mol. The Bertz CT molecular complexity index is 682. The molecule has 1 aromatic heterocycles. The molecule has 116 valence electrons. The monoisotopic (exact) mass is 319 g/mol. The molecule has 0 saturated heterocycles. The maximum atomic E-state index is 11.7. The van der Waals surface area contributed by atoms with Crippen molar-refractivity contribution in [2.45, 2.75) is 20.3 Å². The Hall–Kier alpha value is -2.41. The molecule has 0 aliphatic heterocycles. The molecule has 0 fully saturated rings. The van der Waals surface area contributed by atoms with Crippen molar-refractivity contribution in [2.24, 2.45) is 5.10 Å². The number of carbonyl (C=O) groups excluding carboxylic acids is 1. The number of hydrogen-bond donors (Lipinski definition) is 2. The van der Waals surface area contributed by atoms with E-state index in [4.69, 9.17) is 4.74 Å². The SMILES string of the molecule is CCOc1cc(/C=N/NC(=O)Cc2nc(C)cs2)ccc1O. The van der Waals surface area contributed by atoms with E-state index in [1.54, 1.807) is 12.1 Å². The fourth-order valence-corrected chi connectivity index (χ4v) is 2.49. The van der Waals surface area contributed by atoms with Gasteiger partial charge in [0.2, 0.25) is 5.91 Å². The van der Waals surface area contributed by atoms with Crippen molar-refractivity contribution >= 4 is 23.5 Å². The van der Waals surface area contributed by atoms with Gasteiger partial charge in [-0.3, -0.25) is 4.79 Å². The second-order valence-corrected chi connectivity index (χ2v) is 5.46. The Balaban J connectivity index is 1.91. The first-order valence-electron chi connectivity index (χ1n) is 6.77. The second kappa shape index (κ2) is 7.56. The summed E-state index contributed by atoms with van der Waals surface area (Å²) in [7, 11) is 0. The van der Waals surface area contributed by atoms with Crippen LogP contribution in [0.2, 0.25) is 0 Å². The van der Waals surface area contributed by atoms with Crippen molar-refractivity contribution in [3.63, 3.8) is 0 Å². The molecule has 0 saturated carbocycles. The minimum atomic E-state index is -0.227. The number of benzene rings is 1. The van der Waals surface area contributed by atoms with Crippen LogP contribution in [0.15, 0.2) is 28.7 Å². The van der Waals surface area contributed by atoms with Gasteiger partial charge < -0.3 is 9.84 Å². The van der Waals surface area contributed by atoms with Gasteiger partial charge in [0.25, 0.3) is 0 Å². The lowest BCUT2D eigenvalue weighted by Gasteiger charge is -2.05. The number of carbonyl (C=O) groups is 1. The molecule has 1 aromatic carbocycles. The summed E-state index contributed by atoms with van der Waals surface area (Å²) in [6.45, 7) is 4.18. The van der Waals surface area contributed by atoms with Crippen LogP contribution in [-0.4, -0.2) is 28.8 Å². The standard InChI is InChI=1S/C15H17N3O3S/c1-3-21-13-6-11(4-5-12(13)19)8-16-18-14(20)7-15-17-10(2)9-22-15/h4-6,8-9,19H,3,7H2,1-2H3,(H,18,20)/b16-8+. The van der Waals surface area contributed by atoms with Crippen molar-refractivity contribution in [1.29, 1.82) is 0 Å². The van der Waals surface area contributed by atoms with Crippen LogP contribution in [0.25, 0.3) is 0 Å². The molecular formula is C15H17N3O3S. The highest BCUT2D eigenvalue weighted by molar-refractivity contribution is 7.09. The Morgan fingerprint density at radius 1 is 1.55 bits per heavy atom. The topological polar surface area (TPSA) is 83.8 Å². The summed E-state index contributed by atoms with van der Waals surface area (Å²) in [5.41, 5.74) is 4.07. The highest BCUT2D eigenvalue weighted by Gasteiger charge is 2.06. The first-order valence-corrected chi connectivity index (χ1v) is 7.65. The normalized spacial score (nSPS) is 10.8. The van der Waals surface area contributed by atoms with E-state index in [1.807, 2.05) is 19.2 Å². The van der Waals surface area contributed by atoms with E-state index < -0.39 is 0 Å². The van der Waals surface area contributed by atoms with E-state index in [9.17, 15) is 9.90 Å². The smallest absolute Gasteiger partial charge is 0.246 e. The summed E-state index contributed by atoms with van der Waals surface area (Å²) < 4.78 is 5.28. The van der Waals surface area contributed by atoms with Gasteiger partial charge in [-0.1, -0.05) is 0 Å². The zero-order valence-electron chi connectivity index (χ0n) is 12.4. The Kier molecular flexibility index (Phi) is 5.48. The van der Waals surface area contributed by atoms with E-state index >= 15 is 0 Å². The van der Waals surface area contributed by atoms with Gasteiger partial charge in [0.1, 0.15) is 5.01 Å². The van der Waals surface area contributed by atoms with Crippen LogP contribution in [0.3, 0.4) is 0 Å². The van der Waals surface area contributed by atoms with E-state index in [-0.39, 0.29) is 18.1 Å². The van der Waals surface area contributed by atoms with Crippen molar-refractivity contribution in [2.75, 3.05) is 6.61 Å². The highest BCUT2D eigenvalue weighted by atomic mass is 32.1. The molecule has 0 bridgehead atoms. The van der Waals surface area contributed by atoms with E-state index in [0.717, 1.165) is 10.7 Å². The number of thiazole rings is 1. The molecule has 7 heteroatoms. The number of aromatic nitrogens is 1. The zero-order valence-corrected chi connectivity index (χ0v) is 13.2. The highest BCUT2D eigenvalue weighted by Crippen LogP contribution is 2.26. The van der Waals surface area contributed by atoms with Gasteiger partial charge in [-0.2, -0.15) is 5.10 Å². The largest absolute Gasteiger partial charge is 0.504 e. The molecule has 1 heterocycles. The molecule has 2 aromatic rings. The van der Waals surface area contributed by atoms with Gasteiger partial charge in [-0.25, -0.2) is 10.4 Å². The predicted octanol–water partition coefficient (Wildman–Crippen LogP) is 2.25. The fraction of sp³-hybridized carbons (Fsp3) is 0.267. The van der Waals surface area contributed by atoms with Crippen LogP contribution < -0.4 is 10.2 Å². The minimum Gasteiger partial charge on any atom is -0.504 e. The Morgan fingerprint density at radius 2 is 2.36 bits per heavy atom. The number of rotatable bonds is 6. The third-order valence-electron chi connectivity index (χ3n) is 2.66. The summed E-state index contributed by atoms with van der Waals surface area (Å²) in [6.07, 6.45) is 1.70. The molecule has 0 aliphatic rings. The number of hydrogen-bond acceptors (Lipinski definition) is 6. The minimum absolute atomic E-state index is 0.0715. The van der Waals surface area contributed by atoms with Gasteiger partial charge in [0, 0.05) is 11.1 Å². The van der Waals surface area contributed by atoms with Gasteiger partial charge >= 0.3 is 0 Å². The molecule has 0 aliphatic carbocycles. The van der Waals surface area contributed by atoms with Crippen LogP contribution in [0, 0.1) is 6.92 Å². The van der Waals surface area contributed by atoms with Crippen LogP contribution in [0.4, 0.5) is 0 Å². The fourth-order valence-electron chi connectivity index (χ4n) is 1.72. The number of ether oxygens (including phenoxy) is 1. The van der Waals surface area contributed by atoms with Crippen LogP contribution >= 0.6 is 11.3 Å². The number of amides is 1. The van der Waals surface area contributed by atoms with Crippen LogP contribution in [0.5, 0.6) is 11.5 Å². The molecule has 0 spiro atoms. The van der Waals surface area contributed by atoms with Crippen LogP contribution in [0.1, 0.15) is 23.2 Å². The van der Waals surface area contributed by atoms with Crippen molar-refractivity contribution in [1.82, 2.24) is 10.4 Å². The maximum Gasteiger partial charge on any atom is 0.246 e. The maximum absolute atomic E-state index is 11.7. The Morgan fingerprint density at radius 3 is 3.05 bits per heavy atom. The number of phenolic OH excluding ortho intramolecular Hbond substituents is 1. The number of aromatic hydroxyl groups is 1. The molecular weight excluding hydrogens is 302 g/mol. The predicted molar refractivity (Wildman–Crippen MR) is 85.6 cm³/mol. The van der Waals surface area contributed by atoms with E-state index in [2.05, 4.69) is 15.5 Å². The van der Waals surface area contributed by atoms with E-state index in [1.165, 1.54) is 23.6 Å². The van der Waals surface area contributed by atoms with Crippen molar-refractivity contribution in [3.05, 3.63) is 39.8 Å². The second-order valence-electron chi connectivity index (χ2n) is 4.51. The molecule has 0 unspecified atom stereocenters. The third-order valence-corrected chi connectivity index (χ3v) is 3.63. The summed E-state index contributed by atoms with van der Waals surface area (Å²) in [5, 5.41) is 16.1. The quantitative estimate of drug-likeness (QED) is 0.632. The lowest BCUT2D eigenvalue weighted by atomic mass is 10.2. The lowest BCUT2D eigenvalue weighted by Crippen LogP contribution is -2.19. The lowest BCUT2D eigenvalue weighted by molar-refractivity contribution is -0.120. The number of hydrazone groups is 1. The zero-order chi connectivity index (χ0) is 15.9. The van der Waals surface area contributed by atoms with Gasteiger partial charge in [0.15, 0.2) is 11.5 Å². The summed E-state index contributed by atoms with van der Waals surface area (Å²) >= 11 is 1.45. The summed E-state index contributed by atoms with van der Waals surface area (Å²) in [4.78, 5) is 15.9. The van der Waals surface area contributed by atoms with Crippen LogP contribution in [-0.2, 0) is 11.2 Å². The van der Waals surface area contributed by atoms with Crippen molar-refractivity contribution < 1.29 is 14.6 Å². The number of phenols is 1. The third kappa shape index (κ3) is 4.56. The molecule has 0 radical (unpaired) electrons. The average Bonchev–Trinajstić information content (AvgIpc) is 2.88. The van der Waals surface area contributed by atoms with Gasteiger partial charge in [0.05, 0.1) is 19.2 Å². The summed E-state index contributed by atoms with van der Waals surface area (Å²) in [5.74, 6) is 0.229. The molecule has 1 amide bonds. The molecule has 0 atom stereocenters. The molecule has 2 rings (SSSR count). The molecule has 2 N–H and O–H groups in total. The van der Waals surface area contributed by atoms with E-state index in [0.29, 0.717) is 17.9 Å². The van der Waals surface area contributed by atoms with Crippen molar-refractivity contribution in [3.8, 4) is 11.5 Å². The number of aryl methyl sites for hydroxylation is 1. The van der Waals surface area contributed by atoms with Gasteiger partial charge in [-0.05, 0) is 37.6 Å². The summed E-state index contributed by atoms with van der Waals surface area (Å²) in [6, 6.07) is 4.85. The Labute approximate surface area is 132 Å². The molecule has 22 heavy (non-hydrogen) atoms. The number of nitrogens with zero attached hydrogens (tertiary/aromatic N) is 2. The van der Waals surface area contributed by atoms with Gasteiger partial charge in [-0.15, -0.1) is 11.3 Å². The first-order chi connectivity index (χ1) is 10.6. The molecule has 6 nitrogen and oxygen atoms in total.